The van der Waals surface area contributed by atoms with Crippen LogP contribution in [0.3, 0.4) is 0 Å². The molecule has 0 atom stereocenters. The standard InChI is InChI=1S/C15H24N7.BrH/c1-5-21(10-11-22(2,3)4)14-8-6-13(7-9-14)18-20-15-16-12-17-19-15;/h6-9,12H,5,10-11H2,1-4H3,(H,16,17,19);1H/q+1;/p-1/b20-18+;. The van der Waals surface area contributed by atoms with E-state index < -0.39 is 0 Å². The highest BCUT2D eigenvalue weighted by Crippen LogP contribution is 2.21. The molecule has 8 heteroatoms. The molecule has 0 amide bonds. The number of likely N-dealkylation sites (N-methyl/N-ethyl adjacent to an activating group) is 2. The summed E-state index contributed by atoms with van der Waals surface area (Å²) < 4.78 is 0.958. The Bertz CT molecular complexity index is 587. The van der Waals surface area contributed by atoms with Crippen molar-refractivity contribution >= 4 is 17.3 Å². The highest BCUT2D eigenvalue weighted by Gasteiger charge is 2.11. The van der Waals surface area contributed by atoms with Gasteiger partial charge in [-0.25, -0.2) is 5.10 Å². The number of halogens is 1. The molecule has 0 fully saturated rings. The smallest absolute Gasteiger partial charge is 0.264 e. The Kier molecular flexibility index (Phi) is 7.31. The molecule has 1 aromatic carbocycles. The van der Waals surface area contributed by atoms with E-state index in [1.165, 1.54) is 12.0 Å². The molecule has 0 radical (unpaired) electrons. The summed E-state index contributed by atoms with van der Waals surface area (Å²) in [6.07, 6.45) is 1.41. The zero-order valence-electron chi connectivity index (χ0n) is 14.1. The maximum Gasteiger partial charge on any atom is 0.264 e. The van der Waals surface area contributed by atoms with Crippen molar-refractivity contribution in [3.8, 4) is 0 Å². The van der Waals surface area contributed by atoms with Crippen molar-refractivity contribution in [2.45, 2.75) is 6.92 Å². The van der Waals surface area contributed by atoms with Crippen molar-refractivity contribution < 1.29 is 21.5 Å². The summed E-state index contributed by atoms with van der Waals surface area (Å²) >= 11 is 0. The van der Waals surface area contributed by atoms with Gasteiger partial charge in [0.2, 0.25) is 0 Å². The van der Waals surface area contributed by atoms with Crippen molar-refractivity contribution in [1.82, 2.24) is 15.2 Å². The van der Waals surface area contributed by atoms with Gasteiger partial charge >= 0.3 is 0 Å². The summed E-state index contributed by atoms with van der Waals surface area (Å²) in [6, 6.07) is 8.08. The molecule has 0 saturated carbocycles. The van der Waals surface area contributed by atoms with Gasteiger partial charge in [0, 0.05) is 12.2 Å². The van der Waals surface area contributed by atoms with Crippen LogP contribution in [0, 0.1) is 0 Å². The first-order valence-electron chi connectivity index (χ1n) is 7.40. The molecule has 7 nitrogen and oxygen atoms in total. The number of azo groups is 1. The predicted octanol–water partition coefficient (Wildman–Crippen LogP) is -0.243. The first-order chi connectivity index (χ1) is 10.5. The van der Waals surface area contributed by atoms with E-state index in [1.807, 2.05) is 12.1 Å². The molecule has 2 rings (SSSR count). The lowest BCUT2D eigenvalue weighted by atomic mass is 10.2. The van der Waals surface area contributed by atoms with Crippen LogP contribution in [0.15, 0.2) is 40.8 Å². The molecule has 0 aliphatic rings. The molecule has 126 valence electrons. The van der Waals surface area contributed by atoms with Gasteiger partial charge in [0.15, 0.2) is 0 Å². The van der Waals surface area contributed by atoms with E-state index in [0.717, 1.165) is 29.8 Å². The number of anilines is 1. The first kappa shape index (κ1) is 19.2. The van der Waals surface area contributed by atoms with Crippen molar-refractivity contribution in [3.05, 3.63) is 30.6 Å². The molecule has 1 heterocycles. The van der Waals surface area contributed by atoms with Crippen LogP contribution >= 0.6 is 0 Å². The lowest BCUT2D eigenvalue weighted by Gasteiger charge is -2.29. The maximum atomic E-state index is 4.13. The highest BCUT2D eigenvalue weighted by atomic mass is 79.9. The van der Waals surface area contributed by atoms with E-state index in [2.05, 4.69) is 70.5 Å². The molecule has 1 N–H and O–H groups in total. The minimum Gasteiger partial charge on any atom is -1.00 e. The summed E-state index contributed by atoms with van der Waals surface area (Å²) in [5.74, 6) is 0.405. The second-order valence-corrected chi connectivity index (χ2v) is 6.12. The van der Waals surface area contributed by atoms with E-state index in [-0.39, 0.29) is 17.0 Å². The summed E-state index contributed by atoms with van der Waals surface area (Å²) in [5, 5.41) is 14.5. The van der Waals surface area contributed by atoms with Gasteiger partial charge in [-0.05, 0) is 31.2 Å². The van der Waals surface area contributed by atoms with Crippen molar-refractivity contribution in [2.24, 2.45) is 10.2 Å². The fourth-order valence-corrected chi connectivity index (χ4v) is 1.97. The largest absolute Gasteiger partial charge is 1.00 e. The summed E-state index contributed by atoms with van der Waals surface area (Å²) in [5.41, 5.74) is 2.00. The molecular weight excluding hydrogens is 358 g/mol. The maximum absolute atomic E-state index is 4.13. The minimum atomic E-state index is 0. The summed E-state index contributed by atoms with van der Waals surface area (Å²) in [6.45, 7) is 5.28. The Morgan fingerprint density at radius 1 is 1.13 bits per heavy atom. The second kappa shape index (κ2) is 8.73. The van der Waals surface area contributed by atoms with Crippen LogP contribution in [-0.2, 0) is 0 Å². The SMILES string of the molecule is CCN(CC[N+](C)(C)C)c1ccc(/N=N/c2ncn[nH]2)cc1.[Br-]. The van der Waals surface area contributed by atoms with E-state index >= 15 is 0 Å². The van der Waals surface area contributed by atoms with Crippen LogP contribution in [-0.4, -0.2) is 60.4 Å². The Hall–Kier alpha value is -1.80. The summed E-state index contributed by atoms with van der Waals surface area (Å²) in [7, 11) is 6.63. The average Bonchev–Trinajstić information content (AvgIpc) is 2.99. The number of aromatic nitrogens is 3. The molecule has 2 aromatic rings. The number of nitrogens with zero attached hydrogens (tertiary/aromatic N) is 6. The molecule has 1 aromatic heterocycles. The first-order valence-corrected chi connectivity index (χ1v) is 7.40. The van der Waals surface area contributed by atoms with Gasteiger partial charge in [0.05, 0.1) is 39.9 Å². The van der Waals surface area contributed by atoms with Crippen LogP contribution in [0.5, 0.6) is 0 Å². The number of hydrogen-bond acceptors (Lipinski definition) is 5. The number of aromatic amines is 1. The molecule has 0 saturated heterocycles. The van der Waals surface area contributed by atoms with Gasteiger partial charge in [0.25, 0.3) is 5.95 Å². The van der Waals surface area contributed by atoms with Gasteiger partial charge in [0.1, 0.15) is 6.33 Å². The third-order valence-electron chi connectivity index (χ3n) is 3.30. The zero-order valence-corrected chi connectivity index (χ0v) is 15.7. The van der Waals surface area contributed by atoms with Crippen LogP contribution in [0.4, 0.5) is 17.3 Å². The molecule has 0 aliphatic carbocycles. The van der Waals surface area contributed by atoms with Crippen molar-refractivity contribution in [3.63, 3.8) is 0 Å². The molecule has 23 heavy (non-hydrogen) atoms. The Balaban J connectivity index is 0.00000264. The van der Waals surface area contributed by atoms with Crippen LogP contribution in [0.1, 0.15) is 6.92 Å². The van der Waals surface area contributed by atoms with Crippen LogP contribution < -0.4 is 21.9 Å². The third kappa shape index (κ3) is 6.45. The van der Waals surface area contributed by atoms with E-state index in [1.54, 1.807) is 0 Å². The molecular formula is C15H24BrN7. The lowest BCUT2D eigenvalue weighted by Crippen LogP contribution is -3.00. The Morgan fingerprint density at radius 2 is 1.83 bits per heavy atom. The molecule has 0 aliphatic heterocycles. The Labute approximate surface area is 147 Å². The predicted molar refractivity (Wildman–Crippen MR) is 87.8 cm³/mol. The average molecular weight is 382 g/mol. The van der Waals surface area contributed by atoms with Crippen molar-refractivity contribution in [2.75, 3.05) is 45.7 Å². The van der Waals surface area contributed by atoms with E-state index in [9.17, 15) is 0 Å². The van der Waals surface area contributed by atoms with E-state index in [4.69, 9.17) is 0 Å². The zero-order chi connectivity index (χ0) is 16.0. The van der Waals surface area contributed by atoms with Crippen molar-refractivity contribution in [1.29, 1.82) is 0 Å². The fraction of sp³-hybridized carbons (Fsp3) is 0.467. The monoisotopic (exact) mass is 381 g/mol. The minimum absolute atomic E-state index is 0. The second-order valence-electron chi connectivity index (χ2n) is 6.12. The van der Waals surface area contributed by atoms with Gasteiger partial charge in [-0.1, -0.05) is 0 Å². The van der Waals surface area contributed by atoms with Gasteiger partial charge < -0.3 is 26.4 Å². The number of quaternary nitrogens is 1. The topological polar surface area (TPSA) is 69.5 Å². The quantitative estimate of drug-likeness (QED) is 0.531. The normalized spacial score (nSPS) is 11.5. The molecule has 0 bridgehead atoms. The third-order valence-corrected chi connectivity index (χ3v) is 3.30. The van der Waals surface area contributed by atoms with Gasteiger partial charge in [-0.15, -0.1) is 10.2 Å². The molecule has 0 unspecified atom stereocenters. The number of benzene rings is 1. The fourth-order valence-electron chi connectivity index (χ4n) is 1.97. The summed E-state index contributed by atoms with van der Waals surface area (Å²) in [4.78, 5) is 6.26. The van der Waals surface area contributed by atoms with Crippen LogP contribution in [0.25, 0.3) is 0 Å². The number of rotatable bonds is 7. The lowest BCUT2D eigenvalue weighted by molar-refractivity contribution is -0.868. The van der Waals surface area contributed by atoms with Crippen LogP contribution in [0.2, 0.25) is 0 Å². The number of H-pyrrole nitrogens is 1. The Morgan fingerprint density at radius 3 is 2.35 bits per heavy atom. The number of nitrogens with one attached hydrogen (secondary N) is 1. The number of hydrogen-bond donors (Lipinski definition) is 1. The van der Waals surface area contributed by atoms with Gasteiger partial charge in [-0.2, -0.15) is 10.1 Å². The molecule has 0 spiro atoms. The van der Waals surface area contributed by atoms with E-state index in [0.29, 0.717) is 5.95 Å². The van der Waals surface area contributed by atoms with Gasteiger partial charge in [-0.3, -0.25) is 0 Å². The highest BCUT2D eigenvalue weighted by molar-refractivity contribution is 5.52.